The molecule has 4 rings (SSSR count). The molecule has 6 nitrogen and oxygen atoms in total. The number of benzene rings is 2. The van der Waals surface area contributed by atoms with Gasteiger partial charge in [-0.15, -0.1) is 0 Å². The quantitative estimate of drug-likeness (QED) is 0.706. The zero-order chi connectivity index (χ0) is 19.7. The first-order chi connectivity index (χ1) is 13.5. The number of amides is 2. The highest BCUT2D eigenvalue weighted by atomic mass is 19.1. The smallest absolute Gasteiger partial charge is 0.336 e. The van der Waals surface area contributed by atoms with Crippen molar-refractivity contribution in [2.24, 2.45) is 5.92 Å². The molecule has 0 unspecified atom stereocenters. The maximum absolute atomic E-state index is 13.0. The molecule has 2 amide bonds. The second-order valence-corrected chi connectivity index (χ2v) is 6.80. The highest BCUT2D eigenvalue weighted by Gasteiger charge is 2.34. The average molecular weight is 380 g/mol. The highest BCUT2D eigenvalue weighted by molar-refractivity contribution is 5.98. The van der Waals surface area contributed by atoms with Crippen LogP contribution in [0.5, 0.6) is 0 Å². The molecule has 1 N–H and O–H groups in total. The molecular weight excluding hydrogens is 363 g/mol. The summed E-state index contributed by atoms with van der Waals surface area (Å²) in [6.07, 6.45) is 0.134. The fourth-order valence-electron chi connectivity index (χ4n) is 3.30. The molecule has 28 heavy (non-hydrogen) atoms. The van der Waals surface area contributed by atoms with Crippen molar-refractivity contribution >= 4 is 28.5 Å². The third kappa shape index (κ3) is 3.78. The van der Waals surface area contributed by atoms with E-state index in [-0.39, 0.29) is 24.1 Å². The van der Waals surface area contributed by atoms with Crippen molar-refractivity contribution in [3.05, 3.63) is 76.4 Å². The number of carbonyl (C=O) groups is 2. The molecule has 0 saturated carbocycles. The summed E-state index contributed by atoms with van der Waals surface area (Å²) in [4.78, 5) is 37.7. The number of hydrogen-bond donors (Lipinski definition) is 1. The lowest BCUT2D eigenvalue weighted by Crippen LogP contribution is -2.28. The second kappa shape index (κ2) is 7.26. The number of anilines is 1. The van der Waals surface area contributed by atoms with Gasteiger partial charge in [0.15, 0.2) is 0 Å². The topological polar surface area (TPSA) is 79.6 Å². The molecule has 1 aliphatic rings. The van der Waals surface area contributed by atoms with Crippen LogP contribution >= 0.6 is 0 Å². The monoisotopic (exact) mass is 380 g/mol. The predicted octanol–water partition coefficient (Wildman–Crippen LogP) is 2.92. The zero-order valence-electron chi connectivity index (χ0n) is 14.9. The van der Waals surface area contributed by atoms with Crippen molar-refractivity contribution in [2.45, 2.75) is 13.0 Å². The van der Waals surface area contributed by atoms with Gasteiger partial charge in [0.05, 0.1) is 5.92 Å². The number of hydrogen-bond acceptors (Lipinski definition) is 4. The van der Waals surface area contributed by atoms with Crippen molar-refractivity contribution in [1.82, 2.24) is 4.90 Å². The summed E-state index contributed by atoms with van der Waals surface area (Å²) in [5.74, 6) is -1.14. The van der Waals surface area contributed by atoms with Gasteiger partial charge in [-0.25, -0.2) is 9.18 Å². The minimum Gasteiger partial charge on any atom is -0.423 e. The van der Waals surface area contributed by atoms with Crippen LogP contribution in [0.3, 0.4) is 0 Å². The van der Waals surface area contributed by atoms with Gasteiger partial charge in [-0.05, 0) is 42.0 Å². The number of rotatable bonds is 4. The van der Waals surface area contributed by atoms with Gasteiger partial charge in [-0.1, -0.05) is 12.1 Å². The van der Waals surface area contributed by atoms with Crippen LogP contribution in [0, 0.1) is 11.7 Å². The molecule has 142 valence electrons. The van der Waals surface area contributed by atoms with Gasteiger partial charge >= 0.3 is 5.63 Å². The number of fused-ring (bicyclic) bond motifs is 1. The van der Waals surface area contributed by atoms with Crippen LogP contribution in [0.15, 0.2) is 63.8 Å². The van der Waals surface area contributed by atoms with Gasteiger partial charge in [0.25, 0.3) is 0 Å². The van der Waals surface area contributed by atoms with Gasteiger partial charge < -0.3 is 14.6 Å². The van der Waals surface area contributed by atoms with E-state index in [9.17, 15) is 18.8 Å². The Labute approximate surface area is 159 Å². The first-order valence-corrected chi connectivity index (χ1v) is 8.85. The van der Waals surface area contributed by atoms with Crippen LogP contribution in [-0.4, -0.2) is 23.3 Å². The maximum atomic E-state index is 13.0. The van der Waals surface area contributed by atoms with E-state index in [4.69, 9.17) is 4.42 Å². The molecule has 0 bridgehead atoms. The highest BCUT2D eigenvalue weighted by Crippen LogP contribution is 2.23. The van der Waals surface area contributed by atoms with Crippen LogP contribution in [-0.2, 0) is 16.1 Å². The molecule has 1 aromatic heterocycles. The Hall–Kier alpha value is -3.48. The lowest BCUT2D eigenvalue weighted by molar-refractivity contribution is -0.128. The first kappa shape index (κ1) is 17.9. The summed E-state index contributed by atoms with van der Waals surface area (Å²) in [6.45, 7) is 0.655. The van der Waals surface area contributed by atoms with Crippen LogP contribution in [0.4, 0.5) is 10.1 Å². The predicted molar refractivity (Wildman–Crippen MR) is 101 cm³/mol. The Bertz CT molecular complexity index is 1110. The summed E-state index contributed by atoms with van der Waals surface area (Å²) in [5.41, 5.74) is 1.38. The van der Waals surface area contributed by atoms with E-state index in [1.165, 1.54) is 18.2 Å². The van der Waals surface area contributed by atoms with Crippen LogP contribution < -0.4 is 10.9 Å². The molecule has 0 spiro atoms. The largest absolute Gasteiger partial charge is 0.423 e. The van der Waals surface area contributed by atoms with E-state index in [0.29, 0.717) is 29.7 Å². The summed E-state index contributed by atoms with van der Waals surface area (Å²) in [7, 11) is 0. The SMILES string of the molecule is O=C(Nc1ccc2oc(=O)ccc2c1)[C@H]1CC(=O)N(Cc2ccc(F)cc2)C1. The zero-order valence-corrected chi connectivity index (χ0v) is 14.9. The van der Waals surface area contributed by atoms with Crippen LogP contribution in [0.25, 0.3) is 11.0 Å². The molecule has 1 aliphatic heterocycles. The third-order valence-electron chi connectivity index (χ3n) is 4.76. The third-order valence-corrected chi connectivity index (χ3v) is 4.76. The Balaban J connectivity index is 1.42. The van der Waals surface area contributed by atoms with E-state index in [2.05, 4.69) is 5.32 Å². The van der Waals surface area contributed by atoms with Gasteiger partial charge in [0, 0.05) is 36.7 Å². The maximum Gasteiger partial charge on any atom is 0.336 e. The number of nitrogens with zero attached hydrogens (tertiary/aromatic N) is 1. The molecule has 0 radical (unpaired) electrons. The second-order valence-electron chi connectivity index (χ2n) is 6.80. The minimum absolute atomic E-state index is 0.107. The van der Waals surface area contributed by atoms with Gasteiger partial charge in [-0.2, -0.15) is 0 Å². The lowest BCUT2D eigenvalue weighted by atomic mass is 10.1. The van der Waals surface area contributed by atoms with E-state index < -0.39 is 11.5 Å². The number of nitrogens with one attached hydrogen (secondary N) is 1. The van der Waals surface area contributed by atoms with Crippen LogP contribution in [0.2, 0.25) is 0 Å². The molecule has 1 fully saturated rings. The number of carbonyl (C=O) groups excluding carboxylic acids is 2. The fourth-order valence-corrected chi connectivity index (χ4v) is 3.30. The number of likely N-dealkylation sites (tertiary alicyclic amines) is 1. The van der Waals surface area contributed by atoms with Crippen LogP contribution in [0.1, 0.15) is 12.0 Å². The standard InChI is InChI=1S/C21H17FN2O4/c22-16-4-1-13(2-5-16)11-24-12-15(10-19(24)25)21(27)23-17-6-7-18-14(9-17)3-8-20(26)28-18/h1-9,15H,10-12H2,(H,23,27)/t15-/m0/s1. The molecule has 1 saturated heterocycles. The Morgan fingerprint density at radius 1 is 1.11 bits per heavy atom. The van der Waals surface area contributed by atoms with Gasteiger partial charge in [-0.3, -0.25) is 9.59 Å². The Morgan fingerprint density at radius 2 is 1.89 bits per heavy atom. The molecule has 2 heterocycles. The molecule has 0 aliphatic carbocycles. The fraction of sp³-hybridized carbons (Fsp3) is 0.190. The first-order valence-electron chi connectivity index (χ1n) is 8.85. The normalized spacial score (nSPS) is 16.5. The van der Waals surface area contributed by atoms with Crippen molar-refractivity contribution in [3.63, 3.8) is 0 Å². The van der Waals surface area contributed by atoms with E-state index >= 15 is 0 Å². The van der Waals surface area contributed by atoms with Crippen molar-refractivity contribution < 1.29 is 18.4 Å². The summed E-state index contributed by atoms with van der Waals surface area (Å²) in [6, 6.07) is 13.9. The molecule has 1 atom stereocenters. The van der Waals surface area contributed by atoms with Crippen molar-refractivity contribution in [2.75, 3.05) is 11.9 Å². The summed E-state index contributed by atoms with van der Waals surface area (Å²) >= 11 is 0. The molecule has 7 heteroatoms. The van der Waals surface area contributed by atoms with E-state index in [1.54, 1.807) is 41.3 Å². The lowest BCUT2D eigenvalue weighted by Gasteiger charge is -2.16. The molecular formula is C21H17FN2O4. The average Bonchev–Trinajstić information content (AvgIpc) is 3.04. The van der Waals surface area contributed by atoms with E-state index in [1.807, 2.05) is 0 Å². The van der Waals surface area contributed by atoms with E-state index in [0.717, 1.165) is 5.56 Å². The Kier molecular flexibility index (Phi) is 4.65. The van der Waals surface area contributed by atoms with Gasteiger partial charge in [0.1, 0.15) is 11.4 Å². The number of halogens is 1. The summed E-state index contributed by atoms with van der Waals surface area (Å²) in [5, 5.41) is 3.51. The minimum atomic E-state index is -0.461. The Morgan fingerprint density at radius 3 is 2.68 bits per heavy atom. The van der Waals surface area contributed by atoms with Gasteiger partial charge in [0.2, 0.25) is 11.8 Å². The van der Waals surface area contributed by atoms with Crippen molar-refractivity contribution in [3.8, 4) is 0 Å². The summed E-state index contributed by atoms with van der Waals surface area (Å²) < 4.78 is 18.1. The van der Waals surface area contributed by atoms with Crippen molar-refractivity contribution in [1.29, 1.82) is 0 Å². The molecule has 2 aromatic carbocycles. The molecule has 3 aromatic rings.